The summed E-state index contributed by atoms with van der Waals surface area (Å²) in [5, 5.41) is 15.8. The van der Waals surface area contributed by atoms with Gasteiger partial charge in [0.25, 0.3) is 5.91 Å². The minimum absolute atomic E-state index is 0.249. The molecular formula is C21H18N4O3. The van der Waals surface area contributed by atoms with Crippen LogP contribution in [0.25, 0.3) is 33.5 Å². The van der Waals surface area contributed by atoms with Gasteiger partial charge >= 0.3 is 0 Å². The fourth-order valence-electron chi connectivity index (χ4n) is 3.73. The summed E-state index contributed by atoms with van der Waals surface area (Å²) >= 11 is 0. The Hall–Kier alpha value is -3.45. The fraction of sp³-hybridized carbons (Fsp3) is 0.190. The molecule has 0 radical (unpaired) electrons. The van der Waals surface area contributed by atoms with Gasteiger partial charge in [0, 0.05) is 55.0 Å². The average molecular weight is 374 g/mol. The summed E-state index contributed by atoms with van der Waals surface area (Å²) in [6.07, 6.45) is 3.98. The standard InChI is InChI=1S/C21H18N4O3/c1-25-9-7-21(27,20(25)26)18-11-17(28-24-18)14-5-2-4-13(10-14)16-12-23-19-15(16)6-3-8-22-19/h2-6,8,10-12,27H,7,9H2,1H3,(H,22,23)/t21-/m1/s1. The zero-order valence-electron chi connectivity index (χ0n) is 15.2. The van der Waals surface area contributed by atoms with Gasteiger partial charge in [-0.15, -0.1) is 0 Å². The van der Waals surface area contributed by atoms with Gasteiger partial charge in [0.15, 0.2) is 11.4 Å². The molecule has 4 heterocycles. The van der Waals surface area contributed by atoms with Gasteiger partial charge in [-0.3, -0.25) is 4.79 Å². The average Bonchev–Trinajstić information content (AvgIpc) is 3.44. The van der Waals surface area contributed by atoms with Crippen LogP contribution in [0.15, 0.2) is 59.4 Å². The zero-order valence-corrected chi connectivity index (χ0v) is 15.2. The molecule has 1 atom stereocenters. The number of carbonyl (C=O) groups is 1. The monoisotopic (exact) mass is 374 g/mol. The van der Waals surface area contributed by atoms with Crippen molar-refractivity contribution >= 4 is 16.9 Å². The van der Waals surface area contributed by atoms with E-state index in [0.29, 0.717) is 18.7 Å². The van der Waals surface area contributed by atoms with Gasteiger partial charge in [0.1, 0.15) is 11.3 Å². The van der Waals surface area contributed by atoms with Gasteiger partial charge < -0.3 is 19.5 Å². The maximum Gasteiger partial charge on any atom is 0.260 e. The number of aromatic amines is 1. The van der Waals surface area contributed by atoms with Crippen LogP contribution in [0.4, 0.5) is 0 Å². The number of nitrogens with one attached hydrogen (secondary N) is 1. The van der Waals surface area contributed by atoms with Crippen molar-refractivity contribution in [3.63, 3.8) is 0 Å². The fourth-order valence-corrected chi connectivity index (χ4v) is 3.73. The first-order valence-corrected chi connectivity index (χ1v) is 9.04. The molecule has 2 N–H and O–H groups in total. The molecule has 1 amide bonds. The van der Waals surface area contributed by atoms with E-state index in [9.17, 15) is 9.90 Å². The molecule has 3 aromatic heterocycles. The lowest BCUT2D eigenvalue weighted by Crippen LogP contribution is -2.36. The van der Waals surface area contributed by atoms with E-state index in [0.717, 1.165) is 27.7 Å². The van der Waals surface area contributed by atoms with Crippen molar-refractivity contribution in [2.24, 2.45) is 0 Å². The topological polar surface area (TPSA) is 95.2 Å². The third kappa shape index (κ3) is 2.44. The van der Waals surface area contributed by atoms with Crippen LogP contribution in [0.5, 0.6) is 0 Å². The number of likely N-dealkylation sites (tertiary alicyclic amines) is 1. The van der Waals surface area contributed by atoms with Crippen LogP contribution >= 0.6 is 0 Å². The number of likely N-dealkylation sites (N-methyl/N-ethyl adjacent to an activating group) is 1. The van der Waals surface area contributed by atoms with E-state index in [4.69, 9.17) is 4.52 Å². The molecular weight excluding hydrogens is 356 g/mol. The summed E-state index contributed by atoms with van der Waals surface area (Å²) in [5.41, 5.74) is 2.32. The van der Waals surface area contributed by atoms with E-state index in [-0.39, 0.29) is 11.6 Å². The molecule has 0 saturated carbocycles. The Bertz CT molecular complexity index is 1200. The number of benzene rings is 1. The van der Waals surface area contributed by atoms with Crippen LogP contribution in [0, 0.1) is 0 Å². The first kappa shape index (κ1) is 16.7. The number of pyridine rings is 1. The second-order valence-electron chi connectivity index (χ2n) is 7.10. The van der Waals surface area contributed by atoms with Crippen molar-refractivity contribution in [3.05, 3.63) is 60.6 Å². The number of aliphatic hydroxyl groups is 1. The van der Waals surface area contributed by atoms with E-state index < -0.39 is 5.60 Å². The predicted octanol–water partition coefficient (Wildman–Crippen LogP) is 2.93. The van der Waals surface area contributed by atoms with E-state index in [1.165, 1.54) is 4.90 Å². The van der Waals surface area contributed by atoms with Crippen molar-refractivity contribution in [1.82, 2.24) is 20.0 Å². The molecule has 0 aliphatic carbocycles. The molecule has 140 valence electrons. The number of H-pyrrole nitrogens is 1. The number of hydrogen-bond donors (Lipinski definition) is 2. The Morgan fingerprint density at radius 3 is 2.89 bits per heavy atom. The third-order valence-electron chi connectivity index (χ3n) is 5.35. The van der Waals surface area contributed by atoms with Crippen molar-refractivity contribution in [1.29, 1.82) is 0 Å². The van der Waals surface area contributed by atoms with Crippen LogP contribution in [0.2, 0.25) is 0 Å². The number of nitrogens with zero attached hydrogens (tertiary/aromatic N) is 3. The molecule has 1 saturated heterocycles. The lowest BCUT2D eigenvalue weighted by Gasteiger charge is -2.16. The van der Waals surface area contributed by atoms with Gasteiger partial charge in [-0.05, 0) is 23.8 Å². The summed E-state index contributed by atoms with van der Waals surface area (Å²) in [5.74, 6) is 0.151. The number of amides is 1. The van der Waals surface area contributed by atoms with Crippen molar-refractivity contribution in [2.45, 2.75) is 12.0 Å². The van der Waals surface area contributed by atoms with Gasteiger partial charge in [-0.1, -0.05) is 23.4 Å². The lowest BCUT2D eigenvalue weighted by molar-refractivity contribution is -0.143. The smallest absolute Gasteiger partial charge is 0.260 e. The van der Waals surface area contributed by atoms with Crippen LogP contribution < -0.4 is 0 Å². The molecule has 28 heavy (non-hydrogen) atoms. The minimum atomic E-state index is -1.61. The number of aromatic nitrogens is 3. The van der Waals surface area contributed by atoms with Crippen molar-refractivity contribution in [3.8, 4) is 22.5 Å². The van der Waals surface area contributed by atoms with E-state index in [2.05, 4.69) is 15.1 Å². The summed E-state index contributed by atoms with van der Waals surface area (Å²) in [6.45, 7) is 0.488. The second-order valence-corrected chi connectivity index (χ2v) is 7.10. The zero-order chi connectivity index (χ0) is 19.3. The summed E-state index contributed by atoms with van der Waals surface area (Å²) in [4.78, 5) is 21.3. The highest BCUT2D eigenvalue weighted by Crippen LogP contribution is 2.35. The van der Waals surface area contributed by atoms with Crippen LogP contribution in [0.1, 0.15) is 12.1 Å². The predicted molar refractivity (Wildman–Crippen MR) is 103 cm³/mol. The van der Waals surface area contributed by atoms with Crippen LogP contribution in [0.3, 0.4) is 0 Å². The number of fused-ring (bicyclic) bond motifs is 1. The molecule has 1 aliphatic heterocycles. The quantitative estimate of drug-likeness (QED) is 0.575. The normalized spacial score (nSPS) is 19.6. The summed E-state index contributed by atoms with van der Waals surface area (Å²) in [7, 11) is 1.67. The molecule has 4 aromatic rings. The van der Waals surface area contributed by atoms with Crippen LogP contribution in [-0.2, 0) is 10.4 Å². The van der Waals surface area contributed by atoms with Crippen molar-refractivity contribution < 1.29 is 14.4 Å². The van der Waals surface area contributed by atoms with Crippen molar-refractivity contribution in [2.75, 3.05) is 13.6 Å². The first-order valence-electron chi connectivity index (χ1n) is 9.04. The Balaban J connectivity index is 1.53. The van der Waals surface area contributed by atoms with Crippen LogP contribution in [-0.4, -0.2) is 44.6 Å². The Labute approximate surface area is 160 Å². The number of rotatable bonds is 3. The highest BCUT2D eigenvalue weighted by Gasteiger charge is 2.47. The lowest BCUT2D eigenvalue weighted by atomic mass is 9.96. The molecule has 0 unspecified atom stereocenters. The van der Waals surface area contributed by atoms with E-state index >= 15 is 0 Å². The molecule has 0 bridgehead atoms. The summed E-state index contributed by atoms with van der Waals surface area (Å²) < 4.78 is 5.47. The molecule has 1 aromatic carbocycles. The van der Waals surface area contributed by atoms with E-state index in [1.807, 2.05) is 42.6 Å². The Kier molecular flexibility index (Phi) is 3.60. The Morgan fingerprint density at radius 1 is 1.21 bits per heavy atom. The van der Waals surface area contributed by atoms with Gasteiger partial charge in [-0.25, -0.2) is 4.98 Å². The SMILES string of the molecule is CN1CC[C@@](O)(c2cc(-c3cccc(-c4c[nH]c5ncccc45)c3)on2)C1=O. The summed E-state index contributed by atoms with van der Waals surface area (Å²) in [6, 6.07) is 13.4. The molecule has 0 spiro atoms. The maximum atomic E-state index is 12.3. The molecule has 5 rings (SSSR count). The second kappa shape index (κ2) is 6.03. The number of carbonyl (C=O) groups excluding carboxylic acids is 1. The van der Waals surface area contributed by atoms with Gasteiger partial charge in [0.05, 0.1) is 0 Å². The molecule has 7 nitrogen and oxygen atoms in total. The maximum absolute atomic E-state index is 12.3. The Morgan fingerprint density at radius 2 is 2.07 bits per heavy atom. The first-order chi connectivity index (χ1) is 13.6. The largest absolute Gasteiger partial charge is 0.374 e. The molecule has 1 fully saturated rings. The minimum Gasteiger partial charge on any atom is -0.374 e. The van der Waals surface area contributed by atoms with E-state index in [1.54, 1.807) is 19.3 Å². The molecule has 1 aliphatic rings. The molecule has 7 heteroatoms. The highest BCUT2D eigenvalue weighted by atomic mass is 16.5. The van der Waals surface area contributed by atoms with Gasteiger partial charge in [-0.2, -0.15) is 0 Å². The number of hydrogen-bond acceptors (Lipinski definition) is 5. The van der Waals surface area contributed by atoms with Gasteiger partial charge in [0.2, 0.25) is 0 Å². The highest BCUT2D eigenvalue weighted by molar-refractivity contribution is 5.94. The third-order valence-corrected chi connectivity index (χ3v) is 5.35.